The summed E-state index contributed by atoms with van der Waals surface area (Å²) >= 11 is 1.46. The zero-order chi connectivity index (χ0) is 19.9. The molecule has 0 aliphatic rings. The standard InChI is InChI=1S/C20H19N3O4S/c1-13-12-28-20(22-13)23-21-11-14-8-9-16(26-2)17(10-14)27-18(19(24)25)15-6-4-3-5-7-15/h3-12,18H,1-2H3,(H,22,23)(H,24,25). The maximum atomic E-state index is 11.7. The summed E-state index contributed by atoms with van der Waals surface area (Å²) < 4.78 is 11.1. The van der Waals surface area contributed by atoms with Crippen LogP contribution < -0.4 is 14.9 Å². The number of hydrogen-bond donors (Lipinski definition) is 2. The summed E-state index contributed by atoms with van der Waals surface area (Å²) in [6.45, 7) is 1.91. The van der Waals surface area contributed by atoms with Crippen molar-refractivity contribution in [2.75, 3.05) is 12.5 Å². The number of rotatable bonds is 8. The minimum Gasteiger partial charge on any atom is -0.493 e. The van der Waals surface area contributed by atoms with E-state index in [1.54, 1.807) is 48.7 Å². The molecule has 0 radical (unpaired) electrons. The van der Waals surface area contributed by atoms with Gasteiger partial charge in [0.1, 0.15) is 0 Å². The Labute approximate surface area is 166 Å². The SMILES string of the molecule is COc1ccc(C=NNc2nc(C)cs2)cc1OC(C(=O)O)c1ccccc1. The number of carbonyl (C=O) groups is 1. The second kappa shape index (κ2) is 9.01. The summed E-state index contributed by atoms with van der Waals surface area (Å²) in [5.74, 6) is -0.344. The van der Waals surface area contributed by atoms with Crippen molar-refractivity contribution in [1.29, 1.82) is 0 Å². The molecule has 0 spiro atoms. The molecule has 0 fully saturated rings. The third-order valence-corrected chi connectivity index (χ3v) is 4.62. The lowest BCUT2D eigenvalue weighted by Gasteiger charge is -2.17. The van der Waals surface area contributed by atoms with Crippen molar-refractivity contribution in [2.45, 2.75) is 13.0 Å². The number of anilines is 1. The van der Waals surface area contributed by atoms with E-state index in [1.165, 1.54) is 18.4 Å². The van der Waals surface area contributed by atoms with Gasteiger partial charge in [-0.2, -0.15) is 5.10 Å². The van der Waals surface area contributed by atoms with E-state index in [9.17, 15) is 9.90 Å². The molecule has 0 amide bonds. The van der Waals surface area contributed by atoms with E-state index in [2.05, 4.69) is 15.5 Å². The van der Waals surface area contributed by atoms with Gasteiger partial charge in [-0.15, -0.1) is 11.3 Å². The number of carboxylic acid groups (broad SMARTS) is 1. The molecule has 28 heavy (non-hydrogen) atoms. The molecule has 2 aromatic carbocycles. The van der Waals surface area contributed by atoms with E-state index >= 15 is 0 Å². The van der Waals surface area contributed by atoms with Gasteiger partial charge < -0.3 is 14.6 Å². The highest BCUT2D eigenvalue weighted by Crippen LogP contribution is 2.32. The highest BCUT2D eigenvalue weighted by atomic mass is 32.1. The summed E-state index contributed by atoms with van der Waals surface area (Å²) in [6.07, 6.45) is 0.445. The Kier molecular flexibility index (Phi) is 6.23. The molecule has 1 atom stereocenters. The van der Waals surface area contributed by atoms with Gasteiger partial charge in [-0.05, 0) is 30.7 Å². The second-order valence-electron chi connectivity index (χ2n) is 5.82. The quantitative estimate of drug-likeness (QED) is 0.439. The first-order chi connectivity index (χ1) is 13.6. The Bertz CT molecular complexity index is 973. The van der Waals surface area contributed by atoms with Crippen molar-refractivity contribution in [3.63, 3.8) is 0 Å². The van der Waals surface area contributed by atoms with Gasteiger partial charge in [0, 0.05) is 10.9 Å². The molecule has 3 rings (SSSR count). The highest BCUT2D eigenvalue weighted by Gasteiger charge is 2.23. The van der Waals surface area contributed by atoms with Crippen molar-refractivity contribution < 1.29 is 19.4 Å². The number of aryl methyl sites for hydroxylation is 1. The van der Waals surface area contributed by atoms with Gasteiger partial charge in [-0.3, -0.25) is 5.43 Å². The zero-order valence-corrected chi connectivity index (χ0v) is 16.1. The number of nitrogens with one attached hydrogen (secondary N) is 1. The lowest BCUT2D eigenvalue weighted by atomic mass is 10.1. The fraction of sp³-hybridized carbons (Fsp3) is 0.150. The minimum atomic E-state index is -1.15. The molecule has 8 heteroatoms. The van der Waals surface area contributed by atoms with Gasteiger partial charge in [-0.25, -0.2) is 9.78 Å². The summed E-state index contributed by atoms with van der Waals surface area (Å²) in [5.41, 5.74) is 5.03. The van der Waals surface area contributed by atoms with E-state index in [-0.39, 0.29) is 0 Å². The first-order valence-electron chi connectivity index (χ1n) is 8.40. The van der Waals surface area contributed by atoms with Gasteiger partial charge in [0.2, 0.25) is 11.2 Å². The summed E-state index contributed by atoms with van der Waals surface area (Å²) in [6, 6.07) is 13.9. The van der Waals surface area contributed by atoms with Crippen LogP contribution in [0.4, 0.5) is 5.13 Å². The third kappa shape index (κ3) is 4.86. The van der Waals surface area contributed by atoms with Gasteiger partial charge >= 0.3 is 5.97 Å². The summed E-state index contributed by atoms with van der Waals surface area (Å²) in [7, 11) is 1.50. The van der Waals surface area contributed by atoms with E-state index in [4.69, 9.17) is 9.47 Å². The molecule has 1 aromatic heterocycles. The Balaban J connectivity index is 1.81. The average molecular weight is 397 g/mol. The number of carboxylic acids is 1. The van der Waals surface area contributed by atoms with Crippen molar-refractivity contribution >= 4 is 28.7 Å². The Morgan fingerprint density at radius 3 is 2.68 bits per heavy atom. The first kappa shape index (κ1) is 19.4. The molecule has 0 saturated carbocycles. The fourth-order valence-electron chi connectivity index (χ4n) is 2.45. The van der Waals surface area contributed by atoms with Crippen molar-refractivity contribution in [1.82, 2.24) is 4.98 Å². The van der Waals surface area contributed by atoms with E-state index in [0.29, 0.717) is 27.8 Å². The van der Waals surface area contributed by atoms with Gasteiger partial charge in [0.15, 0.2) is 11.5 Å². The van der Waals surface area contributed by atoms with Crippen LogP contribution in [0.1, 0.15) is 22.9 Å². The summed E-state index contributed by atoms with van der Waals surface area (Å²) in [4.78, 5) is 16.0. The number of aromatic nitrogens is 1. The number of methoxy groups -OCH3 is 1. The van der Waals surface area contributed by atoms with Crippen LogP contribution in [0.5, 0.6) is 11.5 Å². The Hall–Kier alpha value is -3.39. The van der Waals surface area contributed by atoms with Gasteiger partial charge in [-0.1, -0.05) is 30.3 Å². The van der Waals surface area contributed by atoms with Crippen molar-refractivity contribution in [3.8, 4) is 11.5 Å². The highest BCUT2D eigenvalue weighted by molar-refractivity contribution is 7.13. The topological polar surface area (TPSA) is 93.0 Å². The normalized spacial score (nSPS) is 11.9. The van der Waals surface area contributed by atoms with Gasteiger partial charge in [0.05, 0.1) is 19.0 Å². The lowest BCUT2D eigenvalue weighted by molar-refractivity contribution is -0.145. The molecule has 7 nitrogen and oxygen atoms in total. The predicted molar refractivity (Wildman–Crippen MR) is 109 cm³/mol. The van der Waals surface area contributed by atoms with E-state index < -0.39 is 12.1 Å². The lowest BCUT2D eigenvalue weighted by Crippen LogP contribution is -2.18. The molecule has 3 aromatic rings. The molecular formula is C20H19N3O4S. The number of thiazole rings is 1. The maximum Gasteiger partial charge on any atom is 0.349 e. The number of hydrogen-bond acceptors (Lipinski definition) is 7. The smallest absolute Gasteiger partial charge is 0.349 e. The monoisotopic (exact) mass is 397 g/mol. The molecule has 2 N–H and O–H groups in total. The zero-order valence-electron chi connectivity index (χ0n) is 15.3. The predicted octanol–water partition coefficient (Wildman–Crippen LogP) is 4.11. The van der Waals surface area contributed by atoms with E-state index in [0.717, 1.165) is 5.69 Å². The van der Waals surface area contributed by atoms with Crippen LogP contribution in [0.25, 0.3) is 0 Å². The number of benzene rings is 2. The average Bonchev–Trinajstić information content (AvgIpc) is 3.12. The Morgan fingerprint density at radius 1 is 1.25 bits per heavy atom. The summed E-state index contributed by atoms with van der Waals surface area (Å²) in [5, 5.41) is 16.3. The number of hydrazone groups is 1. The van der Waals surface area contributed by atoms with Crippen LogP contribution >= 0.6 is 11.3 Å². The molecule has 0 saturated heterocycles. The largest absolute Gasteiger partial charge is 0.493 e. The van der Waals surface area contributed by atoms with E-state index in [1.807, 2.05) is 18.4 Å². The molecule has 1 heterocycles. The molecular weight excluding hydrogens is 378 g/mol. The van der Waals surface area contributed by atoms with Crippen molar-refractivity contribution in [3.05, 3.63) is 70.7 Å². The minimum absolute atomic E-state index is 0.313. The van der Waals surface area contributed by atoms with Crippen LogP contribution in [0.15, 0.2) is 59.0 Å². The van der Waals surface area contributed by atoms with Crippen LogP contribution in [-0.2, 0) is 4.79 Å². The molecule has 1 unspecified atom stereocenters. The number of ether oxygens (including phenoxy) is 2. The Morgan fingerprint density at radius 2 is 2.04 bits per heavy atom. The van der Waals surface area contributed by atoms with Crippen LogP contribution in [-0.4, -0.2) is 29.4 Å². The second-order valence-corrected chi connectivity index (χ2v) is 6.68. The van der Waals surface area contributed by atoms with Gasteiger partial charge in [0.25, 0.3) is 0 Å². The maximum absolute atomic E-state index is 11.7. The third-order valence-electron chi connectivity index (χ3n) is 3.75. The fourth-order valence-corrected chi connectivity index (χ4v) is 3.09. The van der Waals surface area contributed by atoms with Crippen LogP contribution in [0, 0.1) is 6.92 Å². The molecule has 0 aliphatic heterocycles. The van der Waals surface area contributed by atoms with Crippen LogP contribution in [0.2, 0.25) is 0 Å². The number of nitrogens with zero attached hydrogens (tertiary/aromatic N) is 2. The van der Waals surface area contributed by atoms with Crippen molar-refractivity contribution in [2.24, 2.45) is 5.10 Å². The number of aliphatic carboxylic acids is 1. The molecule has 0 aliphatic carbocycles. The molecule has 144 valence electrons. The molecule has 0 bridgehead atoms. The first-order valence-corrected chi connectivity index (χ1v) is 9.28. The van der Waals surface area contributed by atoms with Crippen LogP contribution in [0.3, 0.4) is 0 Å².